The van der Waals surface area contributed by atoms with E-state index in [9.17, 15) is 0 Å². The summed E-state index contributed by atoms with van der Waals surface area (Å²) in [5, 5.41) is 12.0. The highest BCUT2D eigenvalue weighted by atomic mass is 15.1. The summed E-state index contributed by atoms with van der Waals surface area (Å²) < 4.78 is 0. The van der Waals surface area contributed by atoms with Gasteiger partial charge in [-0.15, -0.1) is 0 Å². The number of nitrogen functional groups attached to an aromatic ring is 1. The maximum absolute atomic E-state index is 8.75. The van der Waals surface area contributed by atoms with E-state index in [2.05, 4.69) is 36.1 Å². The number of hydrogen-bond acceptors (Lipinski definition) is 5. The quantitative estimate of drug-likeness (QED) is 0.806. The molecule has 0 spiro atoms. The molecule has 5 heteroatoms. The summed E-state index contributed by atoms with van der Waals surface area (Å²) in [4.78, 5) is 8.17. The minimum absolute atomic E-state index is 0.227. The van der Waals surface area contributed by atoms with Crippen molar-refractivity contribution in [2.24, 2.45) is 5.41 Å². The molecule has 1 heterocycles. The molecule has 1 rings (SSSR count). The largest absolute Gasteiger partial charge is 0.382 e. The predicted molar refractivity (Wildman–Crippen MR) is 73.0 cm³/mol. The van der Waals surface area contributed by atoms with Crippen molar-refractivity contribution in [3.8, 4) is 6.07 Å². The minimum Gasteiger partial charge on any atom is -0.382 e. The van der Waals surface area contributed by atoms with E-state index in [1.54, 1.807) is 0 Å². The number of hydrogen-bond donors (Lipinski definition) is 2. The Morgan fingerprint density at radius 1 is 1.33 bits per heavy atom. The van der Waals surface area contributed by atoms with Crippen molar-refractivity contribution in [3.63, 3.8) is 0 Å². The molecule has 0 radical (unpaired) electrons. The van der Waals surface area contributed by atoms with E-state index in [1.807, 2.05) is 6.07 Å². The third-order valence-electron chi connectivity index (χ3n) is 3.81. The molecule has 18 heavy (non-hydrogen) atoms. The van der Waals surface area contributed by atoms with Crippen LogP contribution in [0.4, 0.5) is 11.8 Å². The van der Waals surface area contributed by atoms with Crippen LogP contribution in [0.5, 0.6) is 0 Å². The SMILES string of the molecule is CCC(CC)(CC)CNc1ncc(C#N)c(N)n1. The minimum atomic E-state index is 0.227. The van der Waals surface area contributed by atoms with Crippen LogP contribution in [0.15, 0.2) is 6.20 Å². The summed E-state index contributed by atoms with van der Waals surface area (Å²) >= 11 is 0. The van der Waals surface area contributed by atoms with E-state index in [4.69, 9.17) is 11.0 Å². The molecule has 0 bridgehead atoms. The van der Waals surface area contributed by atoms with E-state index in [0.717, 1.165) is 25.8 Å². The number of rotatable bonds is 6. The number of aromatic nitrogens is 2. The Balaban J connectivity index is 2.75. The van der Waals surface area contributed by atoms with Crippen molar-refractivity contribution in [2.45, 2.75) is 40.0 Å². The van der Waals surface area contributed by atoms with Gasteiger partial charge in [-0.3, -0.25) is 0 Å². The molecule has 0 saturated carbocycles. The third-order valence-corrected chi connectivity index (χ3v) is 3.81. The van der Waals surface area contributed by atoms with Crippen molar-refractivity contribution in [2.75, 3.05) is 17.6 Å². The number of nitriles is 1. The van der Waals surface area contributed by atoms with Gasteiger partial charge in [0.2, 0.25) is 5.95 Å². The second kappa shape index (κ2) is 6.20. The first-order chi connectivity index (χ1) is 8.60. The highest BCUT2D eigenvalue weighted by molar-refractivity contribution is 5.49. The van der Waals surface area contributed by atoms with Crippen LogP contribution >= 0.6 is 0 Å². The van der Waals surface area contributed by atoms with Gasteiger partial charge in [0.25, 0.3) is 0 Å². The van der Waals surface area contributed by atoms with Crippen LogP contribution in [0.25, 0.3) is 0 Å². The van der Waals surface area contributed by atoms with E-state index in [0.29, 0.717) is 11.5 Å². The van der Waals surface area contributed by atoms with Crippen molar-refractivity contribution in [3.05, 3.63) is 11.8 Å². The van der Waals surface area contributed by atoms with Crippen molar-refractivity contribution >= 4 is 11.8 Å². The smallest absolute Gasteiger partial charge is 0.224 e. The van der Waals surface area contributed by atoms with Crippen molar-refractivity contribution in [1.29, 1.82) is 5.26 Å². The van der Waals surface area contributed by atoms with Crippen molar-refractivity contribution in [1.82, 2.24) is 9.97 Å². The Labute approximate surface area is 108 Å². The first-order valence-electron chi connectivity index (χ1n) is 6.37. The Kier molecular flexibility index (Phi) is 4.90. The van der Waals surface area contributed by atoms with Gasteiger partial charge in [-0.05, 0) is 24.7 Å². The molecule has 0 aliphatic carbocycles. The fourth-order valence-electron chi connectivity index (χ4n) is 1.96. The van der Waals surface area contributed by atoms with Gasteiger partial charge in [-0.1, -0.05) is 20.8 Å². The molecule has 3 N–H and O–H groups in total. The molecular weight excluding hydrogens is 226 g/mol. The van der Waals surface area contributed by atoms with Crippen molar-refractivity contribution < 1.29 is 0 Å². The second-order valence-corrected chi connectivity index (χ2v) is 4.52. The van der Waals surface area contributed by atoms with E-state index < -0.39 is 0 Å². The van der Waals surface area contributed by atoms with Crippen LogP contribution in [0, 0.1) is 16.7 Å². The van der Waals surface area contributed by atoms with E-state index >= 15 is 0 Å². The van der Waals surface area contributed by atoms with Gasteiger partial charge in [0, 0.05) is 6.54 Å². The highest BCUT2D eigenvalue weighted by Gasteiger charge is 2.23. The molecule has 98 valence electrons. The van der Waals surface area contributed by atoms with Gasteiger partial charge in [0.1, 0.15) is 17.5 Å². The molecule has 0 aliphatic rings. The zero-order chi connectivity index (χ0) is 13.6. The molecule has 0 saturated heterocycles. The number of nitrogens with zero attached hydrogens (tertiary/aromatic N) is 3. The van der Waals surface area contributed by atoms with E-state index in [1.165, 1.54) is 6.20 Å². The molecule has 0 fully saturated rings. The molecule has 1 aromatic heterocycles. The number of anilines is 2. The fourth-order valence-corrected chi connectivity index (χ4v) is 1.96. The normalized spacial score (nSPS) is 11.0. The van der Waals surface area contributed by atoms with Gasteiger partial charge < -0.3 is 11.1 Å². The monoisotopic (exact) mass is 247 g/mol. The van der Waals surface area contributed by atoms with Gasteiger partial charge in [-0.25, -0.2) is 4.98 Å². The summed E-state index contributed by atoms with van der Waals surface area (Å²) in [5.41, 5.74) is 6.24. The Morgan fingerprint density at radius 2 is 1.94 bits per heavy atom. The van der Waals surface area contributed by atoms with Crippen LogP contribution in [0.2, 0.25) is 0 Å². The highest BCUT2D eigenvalue weighted by Crippen LogP contribution is 2.30. The summed E-state index contributed by atoms with van der Waals surface area (Å²) in [6.07, 6.45) is 4.78. The topological polar surface area (TPSA) is 87.6 Å². The summed E-state index contributed by atoms with van der Waals surface area (Å²) in [5.74, 6) is 0.719. The van der Waals surface area contributed by atoms with Crippen LogP contribution in [0.3, 0.4) is 0 Å². The molecule has 0 aliphatic heterocycles. The van der Waals surface area contributed by atoms with Crippen LogP contribution in [-0.4, -0.2) is 16.5 Å². The maximum atomic E-state index is 8.75. The molecule has 0 atom stereocenters. The first kappa shape index (κ1) is 14.2. The van der Waals surface area contributed by atoms with Crippen LogP contribution < -0.4 is 11.1 Å². The fraction of sp³-hybridized carbons (Fsp3) is 0.615. The van der Waals surface area contributed by atoms with Gasteiger partial charge in [0.05, 0.1) is 6.20 Å². The van der Waals surface area contributed by atoms with Gasteiger partial charge >= 0.3 is 0 Å². The molecule has 5 nitrogen and oxygen atoms in total. The summed E-state index contributed by atoms with van der Waals surface area (Å²) in [6, 6.07) is 1.95. The predicted octanol–water partition coefficient (Wildman–Crippen LogP) is 2.56. The third kappa shape index (κ3) is 3.10. The molecule has 0 amide bonds. The van der Waals surface area contributed by atoms with Crippen LogP contribution in [-0.2, 0) is 0 Å². The number of nitrogens with one attached hydrogen (secondary N) is 1. The Hall–Kier alpha value is -1.83. The lowest BCUT2D eigenvalue weighted by Gasteiger charge is -2.30. The summed E-state index contributed by atoms with van der Waals surface area (Å²) in [7, 11) is 0. The van der Waals surface area contributed by atoms with Gasteiger partial charge in [0.15, 0.2) is 0 Å². The molecule has 0 aromatic carbocycles. The van der Waals surface area contributed by atoms with Gasteiger partial charge in [-0.2, -0.15) is 10.2 Å². The second-order valence-electron chi connectivity index (χ2n) is 4.52. The standard InChI is InChI=1S/C13H21N5/c1-4-13(5-2,6-3)9-17-12-16-8-10(7-14)11(15)18-12/h8H,4-6,9H2,1-3H3,(H3,15,16,17,18). The molecule has 1 aromatic rings. The lowest BCUT2D eigenvalue weighted by molar-refractivity contribution is 0.271. The zero-order valence-corrected chi connectivity index (χ0v) is 11.3. The Bertz CT molecular complexity index is 423. The maximum Gasteiger partial charge on any atom is 0.224 e. The Morgan fingerprint density at radius 3 is 2.39 bits per heavy atom. The lowest BCUT2D eigenvalue weighted by atomic mass is 9.80. The zero-order valence-electron chi connectivity index (χ0n) is 11.3. The summed E-state index contributed by atoms with van der Waals surface area (Å²) in [6.45, 7) is 7.41. The average molecular weight is 247 g/mol. The lowest BCUT2D eigenvalue weighted by Crippen LogP contribution is -2.28. The van der Waals surface area contributed by atoms with E-state index in [-0.39, 0.29) is 11.2 Å². The first-order valence-corrected chi connectivity index (χ1v) is 6.37. The van der Waals surface area contributed by atoms with Crippen LogP contribution in [0.1, 0.15) is 45.6 Å². The molecule has 0 unspecified atom stereocenters. The number of nitrogens with two attached hydrogens (primary N) is 1. The average Bonchev–Trinajstić information content (AvgIpc) is 2.41. The molecular formula is C13H21N5.